The van der Waals surface area contributed by atoms with Crippen LogP contribution >= 0.6 is 0 Å². The van der Waals surface area contributed by atoms with E-state index in [1.807, 2.05) is 27.7 Å². The second-order valence-corrected chi connectivity index (χ2v) is 10.5. The van der Waals surface area contributed by atoms with Crippen LogP contribution in [0.5, 0.6) is 0 Å². The summed E-state index contributed by atoms with van der Waals surface area (Å²) in [6.07, 6.45) is -4.44. The Morgan fingerprint density at radius 2 is 1.62 bits per heavy atom. The van der Waals surface area contributed by atoms with Gasteiger partial charge < -0.3 is 14.6 Å². The molecule has 1 aliphatic heterocycles. The molecule has 32 heavy (non-hydrogen) atoms. The maximum Gasteiger partial charge on any atom is 0.497 e. The van der Waals surface area contributed by atoms with Gasteiger partial charge >= 0.3 is 13.3 Å². The predicted octanol–water partition coefficient (Wildman–Crippen LogP) is 3.52. The van der Waals surface area contributed by atoms with E-state index in [0.29, 0.717) is 16.7 Å². The van der Waals surface area contributed by atoms with Crippen molar-refractivity contribution in [2.75, 3.05) is 12.4 Å². The van der Waals surface area contributed by atoms with Gasteiger partial charge in [0.05, 0.1) is 21.7 Å². The fourth-order valence-corrected chi connectivity index (χ4v) is 3.97. The molecule has 6 nitrogen and oxygen atoms in total. The minimum Gasteiger partial charge on any atom is -0.399 e. The highest BCUT2D eigenvalue weighted by molar-refractivity contribution is 7.89. The fraction of sp³-hybridized carbons (Fsp3) is 0.429. The average Bonchev–Trinajstić information content (AvgIpc) is 2.93. The number of anilines is 1. The van der Waals surface area contributed by atoms with Crippen LogP contribution in [0.15, 0.2) is 47.4 Å². The number of hydrogen-bond donors (Lipinski definition) is 2. The van der Waals surface area contributed by atoms with Crippen LogP contribution in [0.1, 0.15) is 38.8 Å². The molecule has 1 fully saturated rings. The number of rotatable bonds is 6. The molecule has 2 N–H and O–H groups in total. The van der Waals surface area contributed by atoms with Crippen molar-refractivity contribution in [3.63, 3.8) is 0 Å². The number of nitrogens with one attached hydrogen (secondary N) is 2. The Morgan fingerprint density at radius 3 is 2.19 bits per heavy atom. The van der Waals surface area contributed by atoms with Crippen LogP contribution in [0.25, 0.3) is 0 Å². The maximum absolute atomic E-state index is 13.0. The lowest BCUT2D eigenvalue weighted by Crippen LogP contribution is -2.41. The van der Waals surface area contributed by atoms with E-state index in [-0.39, 0.29) is 11.4 Å². The molecule has 1 heterocycles. The lowest BCUT2D eigenvalue weighted by Gasteiger charge is -2.32. The summed E-state index contributed by atoms with van der Waals surface area (Å²) >= 11 is 0. The highest BCUT2D eigenvalue weighted by atomic mass is 32.2. The van der Waals surface area contributed by atoms with Gasteiger partial charge in [-0.3, -0.25) is 0 Å². The molecular weight excluding hydrogens is 444 g/mol. The third-order valence-electron chi connectivity index (χ3n) is 5.85. The van der Waals surface area contributed by atoms with Crippen LogP contribution in [0.3, 0.4) is 0 Å². The van der Waals surface area contributed by atoms with Crippen molar-refractivity contribution in [1.29, 1.82) is 0 Å². The van der Waals surface area contributed by atoms with Gasteiger partial charge in [0.15, 0.2) is 0 Å². The molecule has 1 aliphatic rings. The van der Waals surface area contributed by atoms with E-state index in [1.165, 1.54) is 25.2 Å². The van der Waals surface area contributed by atoms with E-state index in [4.69, 9.17) is 9.31 Å². The van der Waals surface area contributed by atoms with Crippen LogP contribution in [0, 0.1) is 0 Å². The Morgan fingerprint density at radius 1 is 1.00 bits per heavy atom. The highest BCUT2D eigenvalue weighted by Gasteiger charge is 2.52. The second kappa shape index (κ2) is 8.37. The molecule has 0 unspecified atom stereocenters. The van der Waals surface area contributed by atoms with E-state index >= 15 is 0 Å². The van der Waals surface area contributed by atoms with Crippen molar-refractivity contribution in [3.05, 3.63) is 53.6 Å². The van der Waals surface area contributed by atoms with Gasteiger partial charge in [0.25, 0.3) is 0 Å². The Hall–Kier alpha value is -2.08. The van der Waals surface area contributed by atoms with Crippen LogP contribution in [0.2, 0.25) is 0 Å². The molecule has 2 aromatic rings. The summed E-state index contributed by atoms with van der Waals surface area (Å²) in [6.45, 7) is 7.58. The quantitative estimate of drug-likeness (QED) is 0.632. The molecule has 0 atom stereocenters. The van der Waals surface area contributed by atoms with Gasteiger partial charge in [0.1, 0.15) is 0 Å². The SMILES string of the molecule is CNS(=O)(=O)c1ccc(NCc2cccc(C(F)(F)F)c2)c(B2OC(C)(C)C(C)(C)O2)c1. The molecule has 0 spiro atoms. The topological polar surface area (TPSA) is 76.7 Å². The van der Waals surface area contributed by atoms with Crippen LogP contribution < -0.4 is 15.5 Å². The van der Waals surface area contributed by atoms with Crippen molar-refractivity contribution in [2.45, 2.75) is 56.5 Å². The molecule has 11 heteroatoms. The number of hydrogen-bond acceptors (Lipinski definition) is 5. The standard InChI is InChI=1S/C21H26BF3N2O4S/c1-19(2)20(3,4)31-22(30-19)17-12-16(32(28,29)26-5)9-10-18(17)27-13-14-7-6-8-15(11-14)21(23,24)25/h6-12,26-27H,13H2,1-5H3. The van der Waals surface area contributed by atoms with E-state index in [9.17, 15) is 21.6 Å². The Balaban J connectivity index is 1.96. The molecule has 0 radical (unpaired) electrons. The second-order valence-electron chi connectivity index (χ2n) is 8.60. The van der Waals surface area contributed by atoms with Crippen molar-refractivity contribution in [1.82, 2.24) is 4.72 Å². The molecule has 174 valence electrons. The summed E-state index contributed by atoms with van der Waals surface area (Å²) in [6, 6.07) is 9.42. The first kappa shape index (κ1) is 24.6. The fourth-order valence-electron chi connectivity index (χ4n) is 3.21. The van der Waals surface area contributed by atoms with Gasteiger partial charge in [-0.25, -0.2) is 13.1 Å². The molecule has 2 aromatic carbocycles. The molecular formula is C21H26BF3N2O4S. The Kier molecular flexibility index (Phi) is 6.42. The summed E-state index contributed by atoms with van der Waals surface area (Å²) in [5, 5.41) is 3.09. The van der Waals surface area contributed by atoms with Crippen molar-refractivity contribution >= 4 is 28.3 Å². The van der Waals surface area contributed by atoms with Crippen LogP contribution in [-0.2, 0) is 32.1 Å². The van der Waals surface area contributed by atoms with Gasteiger partial charge in [0, 0.05) is 17.7 Å². The molecule has 0 amide bonds. The molecule has 0 saturated carbocycles. The zero-order valence-electron chi connectivity index (χ0n) is 18.5. The molecule has 0 bridgehead atoms. The summed E-state index contributed by atoms with van der Waals surface area (Å²) in [5.41, 5.74) is -0.699. The first-order valence-corrected chi connectivity index (χ1v) is 11.5. The lowest BCUT2D eigenvalue weighted by atomic mass is 9.77. The van der Waals surface area contributed by atoms with Crippen LogP contribution in [0.4, 0.5) is 18.9 Å². The average molecular weight is 470 g/mol. The van der Waals surface area contributed by atoms with Gasteiger partial charge in [-0.15, -0.1) is 0 Å². The third kappa shape index (κ3) is 4.95. The maximum atomic E-state index is 13.0. The van der Waals surface area contributed by atoms with Gasteiger partial charge in [0.2, 0.25) is 10.0 Å². The number of sulfonamides is 1. The van der Waals surface area contributed by atoms with E-state index in [1.54, 1.807) is 12.1 Å². The number of alkyl halides is 3. The van der Waals surface area contributed by atoms with Crippen LogP contribution in [-0.4, -0.2) is 33.8 Å². The minimum atomic E-state index is -4.44. The summed E-state index contributed by atoms with van der Waals surface area (Å²) < 4.78 is 78.1. The Labute approximate surface area is 186 Å². The normalized spacial score (nSPS) is 18.1. The van der Waals surface area contributed by atoms with Crippen molar-refractivity contribution in [2.24, 2.45) is 0 Å². The number of halogens is 3. The molecule has 1 saturated heterocycles. The number of benzene rings is 2. The van der Waals surface area contributed by atoms with Gasteiger partial charge in [-0.2, -0.15) is 13.2 Å². The highest BCUT2D eigenvalue weighted by Crippen LogP contribution is 2.37. The predicted molar refractivity (Wildman–Crippen MR) is 117 cm³/mol. The van der Waals surface area contributed by atoms with E-state index in [2.05, 4.69) is 10.0 Å². The summed E-state index contributed by atoms with van der Waals surface area (Å²) in [7, 11) is -3.28. The van der Waals surface area contributed by atoms with Gasteiger partial charge in [-0.1, -0.05) is 12.1 Å². The third-order valence-corrected chi connectivity index (χ3v) is 7.26. The summed E-state index contributed by atoms with van der Waals surface area (Å²) in [4.78, 5) is 0.0225. The van der Waals surface area contributed by atoms with Crippen molar-refractivity contribution < 1.29 is 30.9 Å². The lowest BCUT2D eigenvalue weighted by molar-refractivity contribution is -0.137. The molecule has 0 aliphatic carbocycles. The van der Waals surface area contributed by atoms with Gasteiger partial charge in [-0.05, 0) is 70.6 Å². The smallest absolute Gasteiger partial charge is 0.399 e. The first-order valence-electron chi connectivity index (χ1n) is 9.99. The largest absolute Gasteiger partial charge is 0.497 e. The Bertz CT molecular complexity index is 1090. The van der Waals surface area contributed by atoms with E-state index in [0.717, 1.165) is 12.1 Å². The molecule has 3 rings (SSSR count). The van der Waals surface area contributed by atoms with E-state index < -0.39 is 40.1 Å². The zero-order chi connectivity index (χ0) is 23.9. The summed E-state index contributed by atoms with van der Waals surface area (Å²) in [5.74, 6) is 0. The molecule has 0 aromatic heterocycles. The first-order chi connectivity index (χ1) is 14.7. The van der Waals surface area contributed by atoms with Crippen molar-refractivity contribution in [3.8, 4) is 0 Å². The minimum absolute atomic E-state index is 0.0225. The monoisotopic (exact) mass is 470 g/mol. The zero-order valence-corrected chi connectivity index (χ0v) is 19.3.